The largest absolute Gasteiger partial charge is 0.490 e. The molecular weight excluding hydrogens is 342 g/mol. The predicted molar refractivity (Wildman–Crippen MR) is 105 cm³/mol. The van der Waals surface area contributed by atoms with Gasteiger partial charge in [-0.1, -0.05) is 17.7 Å². The van der Waals surface area contributed by atoms with E-state index in [2.05, 4.69) is 10.4 Å². The fraction of sp³-hybridized carbons (Fsp3) is 0.238. The normalized spacial score (nSPS) is 10.6. The zero-order valence-corrected chi connectivity index (χ0v) is 15.7. The molecule has 0 spiro atoms. The molecule has 0 saturated carbocycles. The number of anilines is 1. The van der Waals surface area contributed by atoms with Crippen LogP contribution in [0.2, 0.25) is 0 Å². The molecule has 6 nitrogen and oxygen atoms in total. The van der Waals surface area contributed by atoms with Crippen molar-refractivity contribution in [2.24, 2.45) is 7.05 Å². The van der Waals surface area contributed by atoms with Crippen LogP contribution in [0.1, 0.15) is 15.9 Å². The van der Waals surface area contributed by atoms with E-state index < -0.39 is 0 Å². The summed E-state index contributed by atoms with van der Waals surface area (Å²) in [6, 6.07) is 14.9. The van der Waals surface area contributed by atoms with Crippen molar-refractivity contribution in [1.82, 2.24) is 9.78 Å². The quantitative estimate of drug-likeness (QED) is 0.649. The van der Waals surface area contributed by atoms with E-state index in [1.54, 1.807) is 18.0 Å². The molecular formula is C21H23N3O3. The lowest BCUT2D eigenvalue weighted by molar-refractivity contribution is 0.102. The van der Waals surface area contributed by atoms with Gasteiger partial charge in [0.05, 0.1) is 12.3 Å². The summed E-state index contributed by atoms with van der Waals surface area (Å²) in [4.78, 5) is 12.5. The van der Waals surface area contributed by atoms with Crippen LogP contribution in [-0.4, -0.2) is 36.0 Å². The molecule has 0 radical (unpaired) electrons. The molecule has 3 rings (SSSR count). The van der Waals surface area contributed by atoms with E-state index in [0.717, 1.165) is 16.8 Å². The number of rotatable bonds is 7. The topological polar surface area (TPSA) is 65.4 Å². The van der Waals surface area contributed by atoms with Gasteiger partial charge in [0.2, 0.25) is 0 Å². The minimum absolute atomic E-state index is 0.154. The molecule has 0 fully saturated rings. The molecule has 0 unspecified atom stereocenters. The third-order valence-electron chi connectivity index (χ3n) is 4.19. The standard InChI is InChI=1S/C21H23N3O3/c1-15-4-6-16(7-5-15)21(25)23-17-8-9-20(27-13-12-26-3)18(14-17)19-10-11-22-24(19)2/h4-11,14H,12-13H2,1-3H3,(H,23,25). The van der Waals surface area contributed by atoms with Crippen LogP contribution in [-0.2, 0) is 11.8 Å². The maximum Gasteiger partial charge on any atom is 0.255 e. The third-order valence-corrected chi connectivity index (χ3v) is 4.19. The maximum atomic E-state index is 12.5. The number of amides is 1. The molecule has 0 aliphatic rings. The molecule has 1 heterocycles. The van der Waals surface area contributed by atoms with Crippen molar-refractivity contribution in [1.29, 1.82) is 0 Å². The Morgan fingerprint density at radius 3 is 2.56 bits per heavy atom. The Balaban J connectivity index is 1.87. The second-order valence-electron chi connectivity index (χ2n) is 6.21. The van der Waals surface area contributed by atoms with Crippen LogP contribution in [0.4, 0.5) is 5.69 Å². The number of carbonyl (C=O) groups excluding carboxylic acids is 1. The molecule has 1 aromatic heterocycles. The van der Waals surface area contributed by atoms with Crippen molar-refractivity contribution >= 4 is 11.6 Å². The average molecular weight is 365 g/mol. The van der Waals surface area contributed by atoms with E-state index in [-0.39, 0.29) is 5.91 Å². The van der Waals surface area contributed by atoms with Crippen LogP contribution >= 0.6 is 0 Å². The first kappa shape index (κ1) is 18.7. The van der Waals surface area contributed by atoms with E-state index in [0.29, 0.717) is 30.2 Å². The number of benzene rings is 2. The first-order valence-electron chi connectivity index (χ1n) is 8.70. The van der Waals surface area contributed by atoms with Crippen molar-refractivity contribution in [2.45, 2.75) is 6.92 Å². The van der Waals surface area contributed by atoms with Gasteiger partial charge in [0.1, 0.15) is 12.4 Å². The number of nitrogens with one attached hydrogen (secondary N) is 1. The fourth-order valence-corrected chi connectivity index (χ4v) is 2.72. The SMILES string of the molecule is COCCOc1ccc(NC(=O)c2ccc(C)cc2)cc1-c1ccnn1C. The predicted octanol–water partition coefficient (Wildman–Crippen LogP) is 3.67. The third kappa shape index (κ3) is 4.54. The van der Waals surface area contributed by atoms with Gasteiger partial charge in [-0.05, 0) is 43.3 Å². The molecule has 0 atom stereocenters. The highest BCUT2D eigenvalue weighted by atomic mass is 16.5. The highest BCUT2D eigenvalue weighted by molar-refractivity contribution is 6.04. The lowest BCUT2D eigenvalue weighted by atomic mass is 10.1. The van der Waals surface area contributed by atoms with Crippen molar-refractivity contribution in [3.8, 4) is 17.0 Å². The van der Waals surface area contributed by atoms with E-state index in [4.69, 9.17) is 9.47 Å². The second-order valence-corrected chi connectivity index (χ2v) is 6.21. The molecule has 0 aliphatic heterocycles. The monoisotopic (exact) mass is 365 g/mol. The number of methoxy groups -OCH3 is 1. The number of aryl methyl sites for hydroxylation is 2. The van der Waals surface area contributed by atoms with Crippen LogP contribution < -0.4 is 10.1 Å². The van der Waals surface area contributed by atoms with Gasteiger partial charge in [-0.3, -0.25) is 9.48 Å². The number of aromatic nitrogens is 2. The van der Waals surface area contributed by atoms with E-state index >= 15 is 0 Å². The van der Waals surface area contributed by atoms with Crippen molar-refractivity contribution < 1.29 is 14.3 Å². The van der Waals surface area contributed by atoms with E-state index in [1.165, 1.54) is 0 Å². The van der Waals surface area contributed by atoms with Gasteiger partial charge < -0.3 is 14.8 Å². The molecule has 1 N–H and O–H groups in total. The molecule has 1 amide bonds. The van der Waals surface area contributed by atoms with Crippen LogP contribution in [0.15, 0.2) is 54.7 Å². The van der Waals surface area contributed by atoms with Crippen LogP contribution in [0, 0.1) is 6.92 Å². The Hall–Kier alpha value is -3.12. The zero-order chi connectivity index (χ0) is 19.2. The summed E-state index contributed by atoms with van der Waals surface area (Å²) < 4.78 is 12.7. The second kappa shape index (κ2) is 8.51. The van der Waals surface area contributed by atoms with Crippen molar-refractivity contribution in [3.63, 3.8) is 0 Å². The van der Waals surface area contributed by atoms with Gasteiger partial charge in [-0.15, -0.1) is 0 Å². The highest BCUT2D eigenvalue weighted by Gasteiger charge is 2.13. The Bertz CT molecular complexity index is 917. The van der Waals surface area contributed by atoms with Gasteiger partial charge in [-0.2, -0.15) is 5.10 Å². The van der Waals surface area contributed by atoms with Gasteiger partial charge >= 0.3 is 0 Å². The molecule has 0 aliphatic carbocycles. The minimum Gasteiger partial charge on any atom is -0.490 e. The highest BCUT2D eigenvalue weighted by Crippen LogP contribution is 2.32. The number of nitrogens with zero attached hydrogens (tertiary/aromatic N) is 2. The lowest BCUT2D eigenvalue weighted by Gasteiger charge is -2.14. The minimum atomic E-state index is -0.154. The molecule has 0 bridgehead atoms. The van der Waals surface area contributed by atoms with Crippen LogP contribution in [0.25, 0.3) is 11.3 Å². The van der Waals surface area contributed by atoms with E-state index in [1.807, 2.05) is 62.5 Å². The molecule has 27 heavy (non-hydrogen) atoms. The summed E-state index contributed by atoms with van der Waals surface area (Å²) in [6.07, 6.45) is 1.73. The Kier molecular flexibility index (Phi) is 5.88. The molecule has 0 saturated heterocycles. The van der Waals surface area contributed by atoms with Crippen molar-refractivity contribution in [2.75, 3.05) is 25.6 Å². The Morgan fingerprint density at radius 2 is 1.89 bits per heavy atom. The van der Waals surface area contributed by atoms with Gasteiger partial charge in [0.15, 0.2) is 0 Å². The molecule has 3 aromatic rings. The van der Waals surface area contributed by atoms with E-state index in [9.17, 15) is 4.79 Å². The summed E-state index contributed by atoms with van der Waals surface area (Å²) in [5.41, 5.74) is 4.17. The average Bonchev–Trinajstić information content (AvgIpc) is 3.09. The van der Waals surface area contributed by atoms with Gasteiger partial charge in [0.25, 0.3) is 5.91 Å². The molecule has 2 aromatic carbocycles. The summed E-state index contributed by atoms with van der Waals surface area (Å²) in [5.74, 6) is 0.558. The van der Waals surface area contributed by atoms with Crippen molar-refractivity contribution in [3.05, 3.63) is 65.9 Å². The lowest BCUT2D eigenvalue weighted by Crippen LogP contribution is -2.12. The number of hydrogen-bond donors (Lipinski definition) is 1. The summed E-state index contributed by atoms with van der Waals surface area (Å²) in [6.45, 7) is 2.93. The smallest absolute Gasteiger partial charge is 0.255 e. The number of ether oxygens (including phenoxy) is 2. The Morgan fingerprint density at radius 1 is 1.11 bits per heavy atom. The Labute approximate surface area is 158 Å². The van der Waals surface area contributed by atoms with Gasteiger partial charge in [-0.25, -0.2) is 0 Å². The zero-order valence-electron chi connectivity index (χ0n) is 15.7. The summed E-state index contributed by atoms with van der Waals surface area (Å²) in [5, 5.41) is 7.17. The summed E-state index contributed by atoms with van der Waals surface area (Å²) >= 11 is 0. The van der Waals surface area contributed by atoms with Gasteiger partial charge in [0, 0.05) is 37.2 Å². The number of carbonyl (C=O) groups is 1. The maximum absolute atomic E-state index is 12.5. The van der Waals surface area contributed by atoms with Crippen LogP contribution in [0.3, 0.4) is 0 Å². The fourth-order valence-electron chi connectivity index (χ4n) is 2.72. The molecule has 6 heteroatoms. The van der Waals surface area contributed by atoms with Crippen LogP contribution in [0.5, 0.6) is 5.75 Å². The number of hydrogen-bond acceptors (Lipinski definition) is 4. The first-order chi connectivity index (χ1) is 13.1. The first-order valence-corrected chi connectivity index (χ1v) is 8.70. The molecule has 140 valence electrons. The summed E-state index contributed by atoms with van der Waals surface area (Å²) in [7, 11) is 3.50.